The highest BCUT2D eigenvalue weighted by atomic mass is 35.5. The molecule has 3 atom stereocenters. The van der Waals surface area contributed by atoms with Gasteiger partial charge in [-0.25, -0.2) is 19.3 Å². The number of halogens is 3. The number of rotatable bonds is 6. The minimum Gasteiger partial charge on any atom is -0.390 e. The number of carbonyl (C=O) groups excluding carboxylic acids is 1. The molecular formula is C23H20Cl2FN7O3. The van der Waals surface area contributed by atoms with Crippen molar-refractivity contribution in [3.8, 4) is 11.4 Å². The molecule has 0 bridgehead atoms. The number of aliphatic hydroxyl groups is 1. The van der Waals surface area contributed by atoms with E-state index < -0.39 is 30.2 Å². The summed E-state index contributed by atoms with van der Waals surface area (Å²) < 4.78 is 21.2. The third kappa shape index (κ3) is 4.70. The zero-order valence-corrected chi connectivity index (χ0v) is 20.3. The van der Waals surface area contributed by atoms with Crippen molar-refractivity contribution < 1.29 is 19.0 Å². The number of nitrogens with one attached hydrogen (secondary N) is 2. The number of benzene rings is 1. The first kappa shape index (κ1) is 24.3. The molecule has 36 heavy (non-hydrogen) atoms. The lowest BCUT2D eigenvalue weighted by molar-refractivity contribution is -0.137. The van der Waals surface area contributed by atoms with Crippen LogP contribution in [0.25, 0.3) is 22.6 Å². The molecule has 186 valence electrons. The van der Waals surface area contributed by atoms with E-state index in [1.54, 1.807) is 16.8 Å². The van der Waals surface area contributed by atoms with Gasteiger partial charge in [0.1, 0.15) is 12.0 Å². The van der Waals surface area contributed by atoms with Gasteiger partial charge in [-0.3, -0.25) is 14.3 Å². The number of ether oxygens (including phenoxy) is 1. The molecule has 3 N–H and O–H groups in total. The van der Waals surface area contributed by atoms with Gasteiger partial charge in [0.2, 0.25) is 0 Å². The summed E-state index contributed by atoms with van der Waals surface area (Å²) >= 11 is 12.4. The fourth-order valence-corrected chi connectivity index (χ4v) is 4.33. The minimum absolute atomic E-state index is 0.156. The van der Waals surface area contributed by atoms with Crippen molar-refractivity contribution in [2.45, 2.75) is 31.4 Å². The molecular weight excluding hydrogens is 512 g/mol. The molecule has 1 aromatic carbocycles. The zero-order valence-electron chi connectivity index (χ0n) is 18.8. The van der Waals surface area contributed by atoms with Gasteiger partial charge in [0.15, 0.2) is 28.9 Å². The second-order valence-corrected chi connectivity index (χ2v) is 8.97. The van der Waals surface area contributed by atoms with Crippen molar-refractivity contribution in [1.82, 2.24) is 29.8 Å². The Bertz CT molecular complexity index is 1450. The van der Waals surface area contributed by atoms with Gasteiger partial charge in [-0.2, -0.15) is 0 Å². The second-order valence-electron chi connectivity index (χ2n) is 8.13. The molecule has 1 aliphatic heterocycles. The SMILES string of the molecule is CNC(=O)[C@H]1O[C@@H](n2cnc3c(NCc4cc(F)ccc4Cl)nc(-c4cncc(Cl)c4)nc32)C[C@@H]1O. The van der Waals surface area contributed by atoms with E-state index in [4.69, 9.17) is 27.9 Å². The Hall–Kier alpha value is -3.38. The molecule has 13 heteroatoms. The quantitative estimate of drug-likeness (QED) is 0.345. The van der Waals surface area contributed by atoms with Crippen molar-refractivity contribution in [3.63, 3.8) is 0 Å². The first-order chi connectivity index (χ1) is 17.3. The van der Waals surface area contributed by atoms with Crippen LogP contribution in [0, 0.1) is 5.82 Å². The van der Waals surface area contributed by atoms with Crippen LogP contribution in [0.15, 0.2) is 43.0 Å². The number of carbonyl (C=O) groups is 1. The zero-order chi connectivity index (χ0) is 25.4. The number of anilines is 1. The molecule has 5 rings (SSSR count). The van der Waals surface area contributed by atoms with E-state index in [0.717, 1.165) is 0 Å². The van der Waals surface area contributed by atoms with Gasteiger partial charge in [-0.15, -0.1) is 0 Å². The van der Waals surface area contributed by atoms with E-state index in [1.807, 2.05) is 0 Å². The lowest BCUT2D eigenvalue weighted by Crippen LogP contribution is -2.38. The Kier molecular flexibility index (Phi) is 6.71. The van der Waals surface area contributed by atoms with Gasteiger partial charge >= 0.3 is 0 Å². The Morgan fingerprint density at radius 3 is 2.89 bits per heavy atom. The normalized spacial score (nSPS) is 19.5. The first-order valence-corrected chi connectivity index (χ1v) is 11.7. The van der Waals surface area contributed by atoms with Crippen LogP contribution in [-0.4, -0.2) is 54.8 Å². The highest BCUT2D eigenvalue weighted by molar-refractivity contribution is 6.31. The predicted octanol–water partition coefficient (Wildman–Crippen LogP) is 3.34. The van der Waals surface area contributed by atoms with Gasteiger partial charge < -0.3 is 20.5 Å². The lowest BCUT2D eigenvalue weighted by atomic mass is 10.1. The maximum atomic E-state index is 13.8. The lowest BCUT2D eigenvalue weighted by Gasteiger charge is -2.15. The number of hydrogen-bond acceptors (Lipinski definition) is 8. The second kappa shape index (κ2) is 9.94. The average molecular weight is 532 g/mol. The van der Waals surface area contributed by atoms with Crippen molar-refractivity contribution in [3.05, 3.63) is 64.4 Å². The van der Waals surface area contributed by atoms with E-state index in [1.165, 1.54) is 37.8 Å². The van der Waals surface area contributed by atoms with Gasteiger partial charge in [-0.1, -0.05) is 23.2 Å². The summed E-state index contributed by atoms with van der Waals surface area (Å²) in [6.45, 7) is 0.167. The summed E-state index contributed by atoms with van der Waals surface area (Å²) in [4.78, 5) is 29.9. The van der Waals surface area contributed by atoms with Crippen LogP contribution in [0.3, 0.4) is 0 Å². The number of imidazole rings is 1. The molecule has 1 aliphatic rings. The van der Waals surface area contributed by atoms with Crippen molar-refractivity contribution >= 4 is 46.1 Å². The summed E-state index contributed by atoms with van der Waals surface area (Å²) in [7, 11) is 1.47. The van der Waals surface area contributed by atoms with Crippen LogP contribution in [0.5, 0.6) is 0 Å². The van der Waals surface area contributed by atoms with Crippen molar-refractivity contribution in [2.75, 3.05) is 12.4 Å². The number of nitrogens with zero attached hydrogens (tertiary/aromatic N) is 5. The van der Waals surface area contributed by atoms with Gasteiger partial charge in [0.25, 0.3) is 5.91 Å². The van der Waals surface area contributed by atoms with E-state index >= 15 is 0 Å². The molecule has 0 radical (unpaired) electrons. The van der Waals surface area contributed by atoms with E-state index in [0.29, 0.717) is 44.0 Å². The highest BCUT2D eigenvalue weighted by Gasteiger charge is 2.40. The van der Waals surface area contributed by atoms with Crippen LogP contribution in [0.4, 0.5) is 10.2 Å². The Balaban J connectivity index is 1.56. The largest absolute Gasteiger partial charge is 0.390 e. The molecule has 0 spiro atoms. The number of aliphatic hydroxyl groups excluding tert-OH is 1. The third-order valence-electron chi connectivity index (χ3n) is 5.75. The molecule has 3 aromatic heterocycles. The number of pyridine rings is 1. The van der Waals surface area contributed by atoms with Crippen LogP contribution in [-0.2, 0) is 16.1 Å². The molecule has 1 amide bonds. The summed E-state index contributed by atoms with van der Waals surface area (Å²) in [6.07, 6.45) is 2.00. The molecule has 10 nitrogen and oxygen atoms in total. The van der Waals surface area contributed by atoms with Crippen molar-refractivity contribution in [1.29, 1.82) is 0 Å². The third-order valence-corrected chi connectivity index (χ3v) is 6.33. The van der Waals surface area contributed by atoms with Crippen LogP contribution in [0.1, 0.15) is 18.2 Å². The number of fused-ring (bicyclic) bond motifs is 1. The Labute approximate surface area is 214 Å². The molecule has 0 aliphatic carbocycles. The van der Waals surface area contributed by atoms with E-state index in [9.17, 15) is 14.3 Å². The summed E-state index contributed by atoms with van der Waals surface area (Å²) in [5.41, 5.74) is 1.88. The maximum Gasteiger partial charge on any atom is 0.251 e. The smallest absolute Gasteiger partial charge is 0.251 e. The standard InChI is InChI=1S/C23H20Cl2FN7O3/c1-27-23(35)19-16(34)6-17(36-19)33-10-30-18-21(29-8-11-5-14(26)2-3-15(11)25)31-20(32-22(18)33)12-4-13(24)9-28-7-12/h2-5,7,9-10,16-17,19,34H,6,8H2,1H3,(H,27,35)(H,29,31,32)/t16-,17+,19-/m0/s1. The van der Waals surface area contributed by atoms with Gasteiger partial charge in [0, 0.05) is 43.0 Å². The van der Waals surface area contributed by atoms with Crippen LogP contribution >= 0.6 is 23.2 Å². The molecule has 0 saturated carbocycles. The maximum absolute atomic E-state index is 13.8. The summed E-state index contributed by atoms with van der Waals surface area (Å²) in [5.74, 6) is -0.186. The number of likely N-dealkylation sites (N-methyl/N-ethyl adjacent to an activating group) is 1. The fraction of sp³-hybridized carbons (Fsp3) is 0.261. The number of aromatic nitrogens is 5. The minimum atomic E-state index is -1.02. The summed E-state index contributed by atoms with van der Waals surface area (Å²) in [6, 6.07) is 5.76. The molecule has 4 aromatic rings. The van der Waals surface area contributed by atoms with Gasteiger partial charge in [-0.05, 0) is 29.8 Å². The van der Waals surface area contributed by atoms with Crippen LogP contribution in [0.2, 0.25) is 10.0 Å². The molecule has 1 saturated heterocycles. The monoisotopic (exact) mass is 531 g/mol. The topological polar surface area (TPSA) is 127 Å². The Morgan fingerprint density at radius 1 is 1.28 bits per heavy atom. The number of hydrogen-bond donors (Lipinski definition) is 3. The highest BCUT2D eigenvalue weighted by Crippen LogP contribution is 2.33. The molecule has 1 fully saturated rings. The molecule has 0 unspecified atom stereocenters. The van der Waals surface area contributed by atoms with E-state index in [2.05, 4.69) is 30.6 Å². The van der Waals surface area contributed by atoms with Crippen LogP contribution < -0.4 is 10.6 Å². The fourth-order valence-electron chi connectivity index (χ4n) is 3.98. The molecule has 4 heterocycles. The Morgan fingerprint density at radius 2 is 2.11 bits per heavy atom. The summed E-state index contributed by atoms with van der Waals surface area (Å²) in [5, 5.41) is 16.8. The van der Waals surface area contributed by atoms with E-state index in [-0.39, 0.29) is 13.0 Å². The predicted molar refractivity (Wildman–Crippen MR) is 131 cm³/mol. The number of amides is 1. The van der Waals surface area contributed by atoms with Gasteiger partial charge in [0.05, 0.1) is 17.5 Å². The first-order valence-electron chi connectivity index (χ1n) is 10.9. The van der Waals surface area contributed by atoms with Crippen molar-refractivity contribution in [2.24, 2.45) is 0 Å². The average Bonchev–Trinajstić information content (AvgIpc) is 3.47.